The van der Waals surface area contributed by atoms with Crippen molar-refractivity contribution in [1.82, 2.24) is 15.1 Å². The van der Waals surface area contributed by atoms with E-state index in [1.54, 1.807) is 9.80 Å². The Labute approximate surface area is 273 Å². The Balaban J connectivity index is 1.57. The summed E-state index contributed by atoms with van der Waals surface area (Å²) >= 11 is 3.62. The highest BCUT2D eigenvalue weighted by molar-refractivity contribution is 9.11. The van der Waals surface area contributed by atoms with Crippen LogP contribution in [-0.4, -0.2) is 88.7 Å². The van der Waals surface area contributed by atoms with Gasteiger partial charge in [-0.1, -0.05) is 71.8 Å². The molecule has 0 saturated carbocycles. The number of hydrogen-bond donors (Lipinski definition) is 2. The minimum Gasteiger partial charge on any atom is -0.463 e. The number of aliphatic hydroxyl groups excluding tert-OH is 1. The highest BCUT2D eigenvalue weighted by atomic mass is 79.9. The number of likely N-dealkylation sites (tertiary alicyclic amines) is 1. The van der Waals surface area contributed by atoms with Crippen LogP contribution in [0, 0.1) is 11.8 Å². The molecule has 2 N–H and O–H groups in total. The molecule has 1 spiro atoms. The van der Waals surface area contributed by atoms with E-state index in [-0.39, 0.29) is 43.5 Å². The summed E-state index contributed by atoms with van der Waals surface area (Å²) in [5, 5.41) is 12.4. The van der Waals surface area contributed by atoms with E-state index in [4.69, 9.17) is 9.47 Å². The molecule has 1 aromatic rings. The van der Waals surface area contributed by atoms with Crippen LogP contribution in [0.1, 0.15) is 70.4 Å². The predicted octanol–water partition coefficient (Wildman–Crippen LogP) is 3.79. The molecule has 10 nitrogen and oxygen atoms in total. The van der Waals surface area contributed by atoms with Crippen LogP contribution in [0.25, 0.3) is 0 Å². The van der Waals surface area contributed by atoms with Gasteiger partial charge in [0.25, 0.3) is 0 Å². The Morgan fingerprint density at radius 1 is 1.09 bits per heavy atom. The number of carbonyl (C=O) groups excluding carboxylic acids is 4. The molecule has 4 aliphatic heterocycles. The van der Waals surface area contributed by atoms with Crippen molar-refractivity contribution in [2.45, 2.75) is 88.6 Å². The fraction of sp³-hybridized carbons (Fsp3) is 0.588. The van der Waals surface area contributed by atoms with Crippen LogP contribution in [0.5, 0.6) is 0 Å². The van der Waals surface area contributed by atoms with E-state index in [0.29, 0.717) is 43.3 Å². The van der Waals surface area contributed by atoms with Gasteiger partial charge in [0, 0.05) is 36.6 Å². The van der Waals surface area contributed by atoms with Gasteiger partial charge < -0.3 is 29.7 Å². The monoisotopic (exact) mass is 685 g/mol. The number of allylic oxidation sites excluding steroid dienone is 1. The number of benzene rings is 1. The third-order valence-corrected chi connectivity index (χ3v) is 10.1. The van der Waals surface area contributed by atoms with Crippen LogP contribution >= 0.6 is 15.9 Å². The van der Waals surface area contributed by atoms with Gasteiger partial charge in [0.1, 0.15) is 24.4 Å². The first-order chi connectivity index (χ1) is 21.7. The Kier molecular flexibility index (Phi) is 10.8. The fourth-order valence-corrected chi connectivity index (χ4v) is 7.99. The number of carbonyl (C=O) groups is 4. The molecule has 4 heterocycles. The largest absolute Gasteiger partial charge is 0.463 e. The van der Waals surface area contributed by atoms with Crippen LogP contribution in [-0.2, 0) is 28.7 Å². The molecule has 0 radical (unpaired) electrons. The predicted molar refractivity (Wildman–Crippen MR) is 171 cm³/mol. The zero-order chi connectivity index (χ0) is 32.1. The maximum Gasteiger partial charge on any atom is 0.306 e. The molecule has 244 valence electrons. The summed E-state index contributed by atoms with van der Waals surface area (Å²) in [5.74, 6) is -3.07. The average molecular weight is 687 g/mol. The van der Waals surface area contributed by atoms with Crippen molar-refractivity contribution in [3.8, 4) is 0 Å². The van der Waals surface area contributed by atoms with Crippen LogP contribution in [0.3, 0.4) is 0 Å². The Morgan fingerprint density at radius 3 is 2.60 bits per heavy atom. The molecule has 3 amide bonds. The fourth-order valence-electron chi connectivity index (χ4n) is 7.25. The summed E-state index contributed by atoms with van der Waals surface area (Å²) in [6, 6.07) is 7.58. The maximum absolute atomic E-state index is 14.7. The molecule has 5 rings (SSSR count). The topological polar surface area (TPSA) is 125 Å². The molecule has 1 unspecified atom stereocenters. The van der Waals surface area contributed by atoms with E-state index in [2.05, 4.69) is 28.2 Å². The highest BCUT2D eigenvalue weighted by Crippen LogP contribution is 2.58. The van der Waals surface area contributed by atoms with E-state index in [9.17, 15) is 24.3 Å². The third-order valence-electron chi connectivity index (χ3n) is 9.45. The van der Waals surface area contributed by atoms with E-state index in [0.717, 1.165) is 18.4 Å². The lowest BCUT2D eigenvalue weighted by molar-refractivity contribution is -0.149. The quantitative estimate of drug-likeness (QED) is 0.230. The standard InChI is InChI=1S/C34H44BrN3O7/c1-3-13-22(2)37-17-10-5-9-16-26(40)44-21-25(23-14-7-4-8-15-23)36-31(41)27-28-32(42)38(18-11-6-12-19-39)30(33(37)43)34(28)20-24(35)29(27)45-34/h4-5,7-8,10,14-15,20,22,25,27-30,39H,3,6,9,11-13,16-19,21H2,1-2H3,(H,36,41)/b10-5-/t22?,25-,27-,28+,29-,30-,34+/m1/s1. The van der Waals surface area contributed by atoms with E-state index in [1.807, 2.05) is 55.5 Å². The highest BCUT2D eigenvalue weighted by Gasteiger charge is 2.74. The Morgan fingerprint density at radius 2 is 1.87 bits per heavy atom. The van der Waals surface area contributed by atoms with Gasteiger partial charge in [0.05, 0.1) is 17.9 Å². The number of nitrogens with zero attached hydrogens (tertiary/aromatic N) is 2. The minimum absolute atomic E-state index is 0.0537. The van der Waals surface area contributed by atoms with Crippen molar-refractivity contribution in [3.05, 3.63) is 58.6 Å². The maximum atomic E-state index is 14.7. The number of esters is 1. The average Bonchev–Trinajstić information content (AvgIpc) is 3.62. The van der Waals surface area contributed by atoms with Gasteiger partial charge in [-0.05, 0) is 50.7 Å². The molecule has 0 aromatic heterocycles. The van der Waals surface area contributed by atoms with Gasteiger partial charge in [-0.2, -0.15) is 0 Å². The summed E-state index contributed by atoms with van der Waals surface area (Å²) in [5.41, 5.74) is -0.547. The van der Waals surface area contributed by atoms with Gasteiger partial charge in [-0.25, -0.2) is 0 Å². The Hall–Kier alpha value is -3.02. The lowest BCUT2D eigenvalue weighted by Gasteiger charge is -2.38. The van der Waals surface area contributed by atoms with E-state index < -0.39 is 41.5 Å². The Bertz CT molecular complexity index is 1320. The minimum atomic E-state index is -1.31. The van der Waals surface area contributed by atoms with Crippen LogP contribution in [0.15, 0.2) is 53.0 Å². The summed E-state index contributed by atoms with van der Waals surface area (Å²) in [6.07, 6.45) is 9.04. The van der Waals surface area contributed by atoms with Gasteiger partial charge in [-0.3, -0.25) is 19.2 Å². The van der Waals surface area contributed by atoms with Crippen molar-refractivity contribution in [1.29, 1.82) is 0 Å². The molecule has 0 aliphatic carbocycles. The molecule has 7 atom stereocenters. The normalized spacial score (nSPS) is 31.8. The van der Waals surface area contributed by atoms with E-state index in [1.165, 1.54) is 0 Å². The second-order valence-electron chi connectivity index (χ2n) is 12.4. The van der Waals surface area contributed by atoms with Crippen molar-refractivity contribution < 1.29 is 33.8 Å². The number of aliphatic hydroxyl groups is 1. The summed E-state index contributed by atoms with van der Waals surface area (Å²) in [7, 11) is 0. The molecular formula is C34H44BrN3O7. The molecule has 5 bridgehead atoms. The molecular weight excluding hydrogens is 642 g/mol. The molecule has 2 saturated heterocycles. The van der Waals surface area contributed by atoms with Gasteiger partial charge in [-0.15, -0.1) is 0 Å². The number of halogens is 1. The van der Waals surface area contributed by atoms with Crippen molar-refractivity contribution >= 4 is 39.6 Å². The first-order valence-corrected chi connectivity index (χ1v) is 17.0. The summed E-state index contributed by atoms with van der Waals surface area (Å²) < 4.78 is 12.9. The first kappa shape index (κ1) is 33.3. The molecule has 1 aromatic carbocycles. The van der Waals surface area contributed by atoms with Crippen LogP contribution in [0.4, 0.5) is 0 Å². The zero-order valence-electron chi connectivity index (χ0n) is 26.0. The number of rotatable bonds is 9. The van der Waals surface area contributed by atoms with Gasteiger partial charge >= 0.3 is 5.97 Å². The number of nitrogens with one attached hydrogen (secondary N) is 1. The molecule has 11 heteroatoms. The second kappa shape index (κ2) is 14.6. The van der Waals surface area contributed by atoms with Gasteiger partial charge in [0.15, 0.2) is 0 Å². The lowest BCUT2D eigenvalue weighted by atomic mass is 9.74. The number of fused-ring (bicyclic) bond motifs is 2. The molecule has 45 heavy (non-hydrogen) atoms. The van der Waals surface area contributed by atoms with Crippen molar-refractivity contribution in [2.24, 2.45) is 11.8 Å². The number of unbranched alkanes of at least 4 members (excludes halogenated alkanes) is 2. The summed E-state index contributed by atoms with van der Waals surface area (Å²) in [6.45, 7) is 4.70. The van der Waals surface area contributed by atoms with Crippen molar-refractivity contribution in [2.75, 3.05) is 26.3 Å². The van der Waals surface area contributed by atoms with Crippen molar-refractivity contribution in [3.63, 3.8) is 0 Å². The number of cyclic esters (lactones) is 1. The van der Waals surface area contributed by atoms with E-state index >= 15 is 0 Å². The smallest absolute Gasteiger partial charge is 0.306 e. The number of amides is 3. The molecule has 2 fully saturated rings. The number of ether oxygens (including phenoxy) is 2. The van der Waals surface area contributed by atoms with Gasteiger partial charge in [0.2, 0.25) is 17.7 Å². The molecule has 4 aliphatic rings. The second-order valence-corrected chi connectivity index (χ2v) is 13.4. The SMILES string of the molecule is CCCC(C)N1C/C=C\CCC(=O)OC[C@H](c2ccccc2)NC(=O)[C@H]2[C@@H]3O[C@@]4(C=C3Br)[C@@H]2C(=O)N(CCCCCO)[C@@H]4C1=O. The third kappa shape index (κ3) is 6.62. The summed E-state index contributed by atoms with van der Waals surface area (Å²) in [4.78, 5) is 59.4. The number of hydrogen-bond acceptors (Lipinski definition) is 7. The zero-order valence-corrected chi connectivity index (χ0v) is 27.6. The lowest BCUT2D eigenvalue weighted by Crippen LogP contribution is -2.57. The van der Waals surface area contributed by atoms with Crippen LogP contribution < -0.4 is 5.32 Å². The van der Waals surface area contributed by atoms with Crippen LogP contribution in [0.2, 0.25) is 0 Å². The first-order valence-electron chi connectivity index (χ1n) is 16.2.